The second kappa shape index (κ2) is 4.33. The van der Waals surface area contributed by atoms with Crippen LogP contribution >= 0.6 is 31.9 Å². The van der Waals surface area contributed by atoms with Crippen molar-refractivity contribution in [3.05, 3.63) is 32.7 Å². The summed E-state index contributed by atoms with van der Waals surface area (Å²) in [6.07, 6.45) is 0. The number of nitrogens with two attached hydrogens (primary N) is 1. The minimum atomic E-state index is 0.0619. The highest BCUT2D eigenvalue weighted by Crippen LogP contribution is 2.33. The Balaban J connectivity index is 3.03. The van der Waals surface area contributed by atoms with Crippen molar-refractivity contribution in [2.45, 2.75) is 26.8 Å². The van der Waals surface area contributed by atoms with Gasteiger partial charge in [-0.2, -0.15) is 0 Å². The number of benzene rings is 1. The van der Waals surface area contributed by atoms with Gasteiger partial charge in [0, 0.05) is 15.0 Å². The Hall–Kier alpha value is 0.140. The first-order chi connectivity index (χ1) is 6.32. The summed E-state index contributed by atoms with van der Waals surface area (Å²) in [5.74, 6) is 0. The van der Waals surface area contributed by atoms with E-state index in [2.05, 4.69) is 64.8 Å². The monoisotopic (exact) mass is 319 g/mol. The van der Waals surface area contributed by atoms with E-state index in [0.717, 1.165) is 14.5 Å². The highest BCUT2D eigenvalue weighted by atomic mass is 79.9. The van der Waals surface area contributed by atoms with Crippen molar-refractivity contribution < 1.29 is 0 Å². The van der Waals surface area contributed by atoms with E-state index in [0.29, 0.717) is 0 Å². The van der Waals surface area contributed by atoms with Gasteiger partial charge in [0.1, 0.15) is 0 Å². The van der Waals surface area contributed by atoms with Crippen LogP contribution in [-0.4, -0.2) is 0 Å². The van der Waals surface area contributed by atoms with Crippen LogP contribution in [0.15, 0.2) is 27.1 Å². The van der Waals surface area contributed by atoms with Gasteiger partial charge < -0.3 is 5.73 Å². The Kier molecular flexibility index (Phi) is 3.78. The van der Waals surface area contributed by atoms with Gasteiger partial charge >= 0.3 is 0 Å². The van der Waals surface area contributed by atoms with E-state index < -0.39 is 0 Å². The molecule has 14 heavy (non-hydrogen) atoms. The van der Waals surface area contributed by atoms with Crippen LogP contribution in [0.3, 0.4) is 0 Å². The van der Waals surface area contributed by atoms with Gasteiger partial charge in [-0.3, -0.25) is 0 Å². The number of hydrogen-bond acceptors (Lipinski definition) is 1. The summed E-state index contributed by atoms with van der Waals surface area (Å²) in [6, 6.07) is 6.21. The van der Waals surface area contributed by atoms with Gasteiger partial charge in [-0.05, 0) is 55.0 Å². The molecule has 0 fully saturated rings. The third-order valence-electron chi connectivity index (χ3n) is 2.24. The molecule has 0 aliphatic heterocycles. The molecule has 0 saturated carbocycles. The molecular weight excluding hydrogens is 306 g/mol. The summed E-state index contributed by atoms with van der Waals surface area (Å²) in [5, 5.41) is 0. The van der Waals surface area contributed by atoms with Gasteiger partial charge in [-0.15, -0.1) is 0 Å². The first-order valence-corrected chi connectivity index (χ1v) is 6.11. The van der Waals surface area contributed by atoms with Crippen molar-refractivity contribution in [2.24, 2.45) is 11.1 Å². The van der Waals surface area contributed by atoms with Crippen LogP contribution in [0.1, 0.15) is 32.4 Å². The quantitative estimate of drug-likeness (QED) is 0.822. The molecule has 1 aromatic rings. The third-order valence-corrected chi connectivity index (χ3v) is 4.12. The maximum Gasteiger partial charge on any atom is 0.0344 e. The molecule has 0 amide bonds. The van der Waals surface area contributed by atoms with Gasteiger partial charge in [0.2, 0.25) is 0 Å². The molecule has 0 aromatic heterocycles. The van der Waals surface area contributed by atoms with Crippen molar-refractivity contribution in [1.29, 1.82) is 0 Å². The lowest BCUT2D eigenvalue weighted by Gasteiger charge is -2.27. The molecule has 0 radical (unpaired) electrons. The Morgan fingerprint density at radius 1 is 1.14 bits per heavy atom. The molecule has 78 valence electrons. The SMILES string of the molecule is CC(C)(C)[C@H](N)c1ccc(Br)c(Br)c1. The average Bonchev–Trinajstić information content (AvgIpc) is 2.07. The fourth-order valence-electron chi connectivity index (χ4n) is 1.21. The molecule has 3 heteroatoms. The molecule has 1 nitrogen and oxygen atoms in total. The summed E-state index contributed by atoms with van der Waals surface area (Å²) in [4.78, 5) is 0. The molecular formula is C11H15Br2N. The lowest BCUT2D eigenvalue weighted by Crippen LogP contribution is -2.26. The van der Waals surface area contributed by atoms with Gasteiger partial charge in [0.25, 0.3) is 0 Å². The minimum Gasteiger partial charge on any atom is -0.324 e. The molecule has 2 N–H and O–H groups in total. The van der Waals surface area contributed by atoms with Crippen LogP contribution in [0.4, 0.5) is 0 Å². The molecule has 1 atom stereocenters. The predicted octanol–water partition coefficient (Wildman–Crippen LogP) is 4.26. The molecule has 0 aliphatic rings. The van der Waals surface area contributed by atoms with Crippen LogP contribution in [0, 0.1) is 5.41 Å². The van der Waals surface area contributed by atoms with Crippen LogP contribution in [0.2, 0.25) is 0 Å². The molecule has 0 heterocycles. The highest BCUT2D eigenvalue weighted by Gasteiger charge is 2.22. The van der Waals surface area contributed by atoms with Crippen LogP contribution in [0.5, 0.6) is 0 Å². The van der Waals surface area contributed by atoms with E-state index in [1.165, 1.54) is 0 Å². The average molecular weight is 321 g/mol. The Labute approximate surface area is 102 Å². The van der Waals surface area contributed by atoms with E-state index in [-0.39, 0.29) is 11.5 Å². The zero-order chi connectivity index (χ0) is 10.9. The van der Waals surface area contributed by atoms with Crippen LogP contribution < -0.4 is 5.73 Å². The molecule has 0 aliphatic carbocycles. The van der Waals surface area contributed by atoms with Gasteiger partial charge in [0.15, 0.2) is 0 Å². The highest BCUT2D eigenvalue weighted by molar-refractivity contribution is 9.13. The van der Waals surface area contributed by atoms with E-state index in [1.807, 2.05) is 6.07 Å². The lowest BCUT2D eigenvalue weighted by molar-refractivity contribution is 0.327. The van der Waals surface area contributed by atoms with Crippen molar-refractivity contribution in [1.82, 2.24) is 0 Å². The molecule has 0 unspecified atom stereocenters. The van der Waals surface area contributed by atoms with Crippen molar-refractivity contribution in [3.8, 4) is 0 Å². The predicted molar refractivity (Wildman–Crippen MR) is 68.2 cm³/mol. The molecule has 1 aromatic carbocycles. The maximum atomic E-state index is 6.15. The largest absolute Gasteiger partial charge is 0.324 e. The van der Waals surface area contributed by atoms with Gasteiger partial charge in [-0.1, -0.05) is 26.8 Å². The second-order valence-corrected chi connectivity index (χ2v) is 6.23. The second-order valence-electron chi connectivity index (χ2n) is 4.52. The standard InChI is InChI=1S/C11H15Br2N/c1-11(2,3)10(14)7-4-5-8(12)9(13)6-7/h4-6,10H,14H2,1-3H3/t10-/m1/s1. The smallest absolute Gasteiger partial charge is 0.0344 e. The summed E-state index contributed by atoms with van der Waals surface area (Å²) in [5.41, 5.74) is 7.41. The lowest BCUT2D eigenvalue weighted by atomic mass is 9.83. The minimum absolute atomic E-state index is 0.0619. The Morgan fingerprint density at radius 3 is 2.14 bits per heavy atom. The zero-order valence-electron chi connectivity index (χ0n) is 8.64. The van der Waals surface area contributed by atoms with Gasteiger partial charge in [-0.25, -0.2) is 0 Å². The Morgan fingerprint density at radius 2 is 1.71 bits per heavy atom. The fourth-order valence-corrected chi connectivity index (χ4v) is 1.85. The van der Waals surface area contributed by atoms with E-state index >= 15 is 0 Å². The van der Waals surface area contributed by atoms with E-state index in [9.17, 15) is 0 Å². The Bertz CT molecular complexity index is 329. The first-order valence-electron chi connectivity index (χ1n) is 4.53. The number of rotatable bonds is 1. The molecule has 0 bridgehead atoms. The molecule has 0 saturated heterocycles. The van der Waals surface area contributed by atoms with Crippen molar-refractivity contribution >= 4 is 31.9 Å². The summed E-state index contributed by atoms with van der Waals surface area (Å²) < 4.78 is 2.11. The molecule has 0 spiro atoms. The molecule has 1 rings (SSSR count). The van der Waals surface area contributed by atoms with Crippen molar-refractivity contribution in [3.63, 3.8) is 0 Å². The summed E-state index contributed by atoms with van der Waals surface area (Å²) in [7, 11) is 0. The van der Waals surface area contributed by atoms with Crippen LogP contribution in [-0.2, 0) is 0 Å². The van der Waals surface area contributed by atoms with Gasteiger partial charge in [0.05, 0.1) is 0 Å². The van der Waals surface area contributed by atoms with E-state index in [1.54, 1.807) is 0 Å². The third kappa shape index (κ3) is 2.81. The number of halogens is 2. The normalized spacial score (nSPS) is 14.1. The summed E-state index contributed by atoms with van der Waals surface area (Å²) >= 11 is 6.92. The zero-order valence-corrected chi connectivity index (χ0v) is 11.8. The van der Waals surface area contributed by atoms with Crippen molar-refractivity contribution in [2.75, 3.05) is 0 Å². The number of hydrogen-bond donors (Lipinski definition) is 1. The topological polar surface area (TPSA) is 26.0 Å². The maximum absolute atomic E-state index is 6.15. The fraction of sp³-hybridized carbons (Fsp3) is 0.455. The van der Waals surface area contributed by atoms with Crippen LogP contribution in [0.25, 0.3) is 0 Å². The summed E-state index contributed by atoms with van der Waals surface area (Å²) in [6.45, 7) is 6.44. The van der Waals surface area contributed by atoms with E-state index in [4.69, 9.17) is 5.73 Å². The first kappa shape index (κ1) is 12.2.